The lowest BCUT2D eigenvalue weighted by molar-refractivity contribution is -0.0415. The van der Waals surface area contributed by atoms with Gasteiger partial charge in [0, 0.05) is 6.42 Å². The molecule has 0 aromatic heterocycles. The van der Waals surface area contributed by atoms with E-state index in [2.05, 4.69) is 6.92 Å². The summed E-state index contributed by atoms with van der Waals surface area (Å²) in [6, 6.07) is 5.28. The fourth-order valence-corrected chi connectivity index (χ4v) is 6.29. The van der Waals surface area contributed by atoms with Crippen molar-refractivity contribution < 1.29 is 36.2 Å². The van der Waals surface area contributed by atoms with Crippen molar-refractivity contribution in [2.45, 2.75) is 95.7 Å². The number of benzene rings is 2. The maximum Gasteiger partial charge on any atom is 0.200 e. The molecule has 0 amide bonds. The van der Waals surface area contributed by atoms with Gasteiger partial charge in [-0.25, -0.2) is 13.2 Å². The molecular weight excluding hydrogens is 527 g/mol. The van der Waals surface area contributed by atoms with Crippen molar-refractivity contribution in [3.63, 3.8) is 0 Å². The maximum absolute atomic E-state index is 15.0. The predicted octanol–water partition coefficient (Wildman–Crippen LogP) is 8.86. The predicted molar refractivity (Wildman–Crippen MR) is 145 cm³/mol. The standard InChI is InChI=1S/C32H41F5O3/c1-3-4-5-6-25-13-11-23(18-39-25)20-7-9-21(10-8-20)26-14-16-28(32(37)30(26)35)40-19-24(33)17-22-12-15-27(38-2)31(36)29(22)34/h12,14-16,20-21,23-25H,3-11,13,17-19H2,1-2H3. The third kappa shape index (κ3) is 7.48. The van der Waals surface area contributed by atoms with E-state index in [1.54, 1.807) is 0 Å². The van der Waals surface area contributed by atoms with E-state index in [9.17, 15) is 17.6 Å². The summed E-state index contributed by atoms with van der Waals surface area (Å²) in [5.41, 5.74) is 0.130. The van der Waals surface area contributed by atoms with Crippen LogP contribution in [0, 0.1) is 35.1 Å². The van der Waals surface area contributed by atoms with Crippen LogP contribution in [0.3, 0.4) is 0 Å². The van der Waals surface area contributed by atoms with Gasteiger partial charge >= 0.3 is 0 Å². The van der Waals surface area contributed by atoms with E-state index in [1.807, 2.05) is 0 Å². The Labute approximate surface area is 234 Å². The summed E-state index contributed by atoms with van der Waals surface area (Å²) in [5, 5.41) is 0. The molecule has 1 saturated carbocycles. The van der Waals surface area contributed by atoms with Crippen molar-refractivity contribution in [1.82, 2.24) is 0 Å². The highest BCUT2D eigenvalue weighted by Gasteiger charge is 2.33. The van der Waals surface area contributed by atoms with Gasteiger partial charge < -0.3 is 14.2 Å². The summed E-state index contributed by atoms with van der Waals surface area (Å²) in [5.74, 6) is -4.19. The minimum atomic E-state index is -1.75. The first kappa shape index (κ1) is 30.6. The molecule has 8 heteroatoms. The first-order valence-corrected chi connectivity index (χ1v) is 14.7. The van der Waals surface area contributed by atoms with E-state index < -0.39 is 48.2 Å². The van der Waals surface area contributed by atoms with Crippen LogP contribution in [0.15, 0.2) is 24.3 Å². The molecule has 3 atom stereocenters. The zero-order valence-electron chi connectivity index (χ0n) is 23.5. The van der Waals surface area contributed by atoms with Crippen LogP contribution in [0.2, 0.25) is 0 Å². The summed E-state index contributed by atoms with van der Waals surface area (Å²) in [6.07, 6.45) is 8.77. The summed E-state index contributed by atoms with van der Waals surface area (Å²) in [7, 11) is 1.20. The molecule has 1 aliphatic heterocycles. The molecule has 40 heavy (non-hydrogen) atoms. The minimum Gasteiger partial charge on any atom is -0.494 e. The molecule has 2 aliphatic rings. The molecule has 0 bridgehead atoms. The Bertz CT molecular complexity index is 1090. The molecule has 1 heterocycles. The molecule has 2 aromatic rings. The number of hydrogen-bond acceptors (Lipinski definition) is 3. The highest BCUT2D eigenvalue weighted by molar-refractivity contribution is 5.34. The molecule has 4 rings (SSSR count). The smallest absolute Gasteiger partial charge is 0.200 e. The first-order valence-electron chi connectivity index (χ1n) is 14.7. The number of hydrogen-bond donors (Lipinski definition) is 0. The molecule has 1 aliphatic carbocycles. The Hall–Kier alpha value is -2.35. The lowest BCUT2D eigenvalue weighted by Crippen LogP contribution is -2.32. The molecule has 0 radical (unpaired) electrons. The van der Waals surface area contributed by atoms with Crippen molar-refractivity contribution >= 4 is 0 Å². The van der Waals surface area contributed by atoms with Gasteiger partial charge in [0.2, 0.25) is 11.6 Å². The largest absolute Gasteiger partial charge is 0.494 e. The zero-order valence-corrected chi connectivity index (χ0v) is 23.5. The van der Waals surface area contributed by atoms with Crippen LogP contribution in [0.5, 0.6) is 11.5 Å². The number of methoxy groups -OCH3 is 1. The molecular formula is C32H41F5O3. The number of halogens is 5. The van der Waals surface area contributed by atoms with Crippen LogP contribution < -0.4 is 9.47 Å². The van der Waals surface area contributed by atoms with E-state index in [4.69, 9.17) is 14.2 Å². The molecule has 1 saturated heterocycles. The van der Waals surface area contributed by atoms with Crippen molar-refractivity contribution in [3.05, 3.63) is 58.7 Å². The second kappa shape index (κ2) is 14.5. The monoisotopic (exact) mass is 568 g/mol. The average Bonchev–Trinajstić information content (AvgIpc) is 2.97. The van der Waals surface area contributed by atoms with Gasteiger partial charge in [0.1, 0.15) is 12.8 Å². The lowest BCUT2D eigenvalue weighted by atomic mass is 9.72. The van der Waals surface area contributed by atoms with Crippen molar-refractivity contribution in [1.29, 1.82) is 0 Å². The third-order valence-corrected chi connectivity index (χ3v) is 8.70. The van der Waals surface area contributed by atoms with Gasteiger partial charge in [0.05, 0.1) is 19.8 Å². The van der Waals surface area contributed by atoms with Crippen LogP contribution in [0.25, 0.3) is 0 Å². The van der Waals surface area contributed by atoms with E-state index >= 15 is 4.39 Å². The van der Waals surface area contributed by atoms with Crippen LogP contribution in [-0.2, 0) is 11.2 Å². The highest BCUT2D eigenvalue weighted by atomic mass is 19.2. The van der Waals surface area contributed by atoms with E-state index in [1.165, 1.54) is 57.1 Å². The number of unbranched alkanes of at least 4 members (excludes halogenated alkanes) is 2. The van der Waals surface area contributed by atoms with Gasteiger partial charge in [-0.3, -0.25) is 0 Å². The minimum absolute atomic E-state index is 0.0760. The van der Waals surface area contributed by atoms with E-state index in [0.29, 0.717) is 23.5 Å². The Morgan fingerprint density at radius 2 is 1.52 bits per heavy atom. The normalized spacial score (nSPS) is 24.1. The van der Waals surface area contributed by atoms with E-state index in [0.717, 1.165) is 45.1 Å². The van der Waals surface area contributed by atoms with Crippen LogP contribution in [0.1, 0.15) is 88.2 Å². The van der Waals surface area contributed by atoms with Crippen molar-refractivity contribution in [2.24, 2.45) is 11.8 Å². The summed E-state index contributed by atoms with van der Waals surface area (Å²) in [4.78, 5) is 0. The maximum atomic E-state index is 15.0. The van der Waals surface area contributed by atoms with Crippen molar-refractivity contribution in [2.75, 3.05) is 20.3 Å². The second-order valence-corrected chi connectivity index (χ2v) is 11.3. The topological polar surface area (TPSA) is 27.7 Å². The molecule has 2 fully saturated rings. The number of ether oxygens (including phenoxy) is 3. The van der Waals surface area contributed by atoms with Crippen LogP contribution >= 0.6 is 0 Å². The molecule has 2 aromatic carbocycles. The SMILES string of the molecule is CCCCCC1CCC(C2CCC(c3ccc(OCC(F)Cc4ccc(OC)c(F)c4F)c(F)c3F)CC2)CO1. The molecule has 3 nitrogen and oxygen atoms in total. The van der Waals surface area contributed by atoms with Crippen molar-refractivity contribution in [3.8, 4) is 11.5 Å². The summed E-state index contributed by atoms with van der Waals surface area (Å²) < 4.78 is 88.4. The second-order valence-electron chi connectivity index (χ2n) is 11.3. The zero-order chi connectivity index (χ0) is 28.6. The molecule has 0 spiro atoms. The Morgan fingerprint density at radius 3 is 2.20 bits per heavy atom. The third-order valence-electron chi connectivity index (χ3n) is 8.70. The Balaban J connectivity index is 1.26. The fourth-order valence-electron chi connectivity index (χ4n) is 6.29. The van der Waals surface area contributed by atoms with E-state index in [-0.39, 0.29) is 17.2 Å². The van der Waals surface area contributed by atoms with Gasteiger partial charge in [-0.2, -0.15) is 8.78 Å². The molecule has 3 unspecified atom stereocenters. The van der Waals surface area contributed by atoms with Gasteiger partial charge in [-0.15, -0.1) is 0 Å². The number of rotatable bonds is 12. The Morgan fingerprint density at radius 1 is 0.825 bits per heavy atom. The van der Waals surface area contributed by atoms with Crippen LogP contribution in [-0.4, -0.2) is 32.6 Å². The Kier molecular flexibility index (Phi) is 11.1. The summed E-state index contributed by atoms with van der Waals surface area (Å²) in [6.45, 7) is 2.38. The average molecular weight is 569 g/mol. The van der Waals surface area contributed by atoms with Gasteiger partial charge in [0.25, 0.3) is 0 Å². The summed E-state index contributed by atoms with van der Waals surface area (Å²) >= 11 is 0. The molecule has 222 valence electrons. The van der Waals surface area contributed by atoms with Gasteiger partial charge in [0.15, 0.2) is 23.1 Å². The van der Waals surface area contributed by atoms with Gasteiger partial charge in [-0.1, -0.05) is 38.3 Å². The number of alkyl halides is 1. The van der Waals surface area contributed by atoms with Crippen LogP contribution in [0.4, 0.5) is 22.0 Å². The van der Waals surface area contributed by atoms with Gasteiger partial charge in [-0.05, 0) is 86.0 Å². The first-order chi connectivity index (χ1) is 19.3. The molecule has 0 N–H and O–H groups in total. The fraction of sp³-hybridized carbons (Fsp3) is 0.625. The quantitative estimate of drug-likeness (QED) is 0.189. The highest BCUT2D eigenvalue weighted by Crippen LogP contribution is 2.43. The lowest BCUT2D eigenvalue weighted by Gasteiger charge is -2.38.